The SMILES string of the molecule is COC(=O)c1nc(C(NC(=O)c2cccc3ccccc23)c2ccccc2)[nH]c(=O)c1O. The topological polar surface area (TPSA) is 121 Å². The Labute approximate surface area is 182 Å². The van der Waals surface area contributed by atoms with Gasteiger partial charge < -0.3 is 20.1 Å². The molecular formula is C24H19N3O5. The Bertz CT molecular complexity index is 1360. The third-order valence-electron chi connectivity index (χ3n) is 5.01. The Morgan fingerprint density at radius 1 is 1.00 bits per heavy atom. The molecule has 4 rings (SSSR count). The molecule has 0 fully saturated rings. The number of carbonyl (C=O) groups is 2. The number of carbonyl (C=O) groups excluding carboxylic acids is 2. The Morgan fingerprint density at radius 2 is 1.69 bits per heavy atom. The van der Waals surface area contributed by atoms with Crippen molar-refractivity contribution < 1.29 is 19.4 Å². The largest absolute Gasteiger partial charge is 0.501 e. The van der Waals surface area contributed by atoms with Crippen molar-refractivity contribution in [1.82, 2.24) is 15.3 Å². The first kappa shape index (κ1) is 20.8. The standard InChI is InChI=1S/C24H19N3O5/c1-32-24(31)19-20(28)23(30)27-21(25-19)18(15-9-3-2-4-10-15)26-22(29)17-13-7-11-14-8-5-6-12-16(14)17/h2-13,18,28H,1H3,(H,26,29)(H,25,27,30). The van der Waals surface area contributed by atoms with Crippen molar-refractivity contribution in [3.63, 3.8) is 0 Å². The van der Waals surface area contributed by atoms with Crippen LogP contribution in [0.5, 0.6) is 5.75 Å². The minimum atomic E-state index is -0.970. The van der Waals surface area contributed by atoms with E-state index in [4.69, 9.17) is 0 Å². The summed E-state index contributed by atoms with van der Waals surface area (Å²) >= 11 is 0. The molecule has 1 heterocycles. The average molecular weight is 429 g/mol. The number of benzene rings is 3. The van der Waals surface area contributed by atoms with Crippen molar-refractivity contribution in [3.05, 3.63) is 106 Å². The highest BCUT2D eigenvalue weighted by atomic mass is 16.5. The second-order valence-corrected chi connectivity index (χ2v) is 6.98. The number of methoxy groups -OCH3 is 1. The predicted molar refractivity (Wildman–Crippen MR) is 118 cm³/mol. The van der Waals surface area contributed by atoms with Crippen LogP contribution in [0.4, 0.5) is 0 Å². The van der Waals surface area contributed by atoms with E-state index in [0.29, 0.717) is 11.1 Å². The van der Waals surface area contributed by atoms with Gasteiger partial charge >= 0.3 is 5.97 Å². The number of hydrogen-bond donors (Lipinski definition) is 3. The highest BCUT2D eigenvalue weighted by Crippen LogP contribution is 2.23. The molecule has 1 unspecified atom stereocenters. The number of amides is 1. The first-order valence-electron chi connectivity index (χ1n) is 9.74. The number of nitrogens with zero attached hydrogens (tertiary/aromatic N) is 1. The first-order chi connectivity index (χ1) is 15.5. The molecular weight excluding hydrogens is 410 g/mol. The lowest BCUT2D eigenvalue weighted by Crippen LogP contribution is -2.32. The van der Waals surface area contributed by atoms with Crippen LogP contribution >= 0.6 is 0 Å². The van der Waals surface area contributed by atoms with Crippen molar-refractivity contribution in [3.8, 4) is 5.75 Å². The highest BCUT2D eigenvalue weighted by molar-refractivity contribution is 6.07. The lowest BCUT2D eigenvalue weighted by atomic mass is 10.0. The molecule has 0 spiro atoms. The second-order valence-electron chi connectivity index (χ2n) is 6.98. The van der Waals surface area contributed by atoms with Gasteiger partial charge in [-0.05, 0) is 22.4 Å². The van der Waals surface area contributed by atoms with Gasteiger partial charge in [-0.25, -0.2) is 9.78 Å². The van der Waals surface area contributed by atoms with E-state index in [1.165, 1.54) is 0 Å². The third kappa shape index (κ3) is 3.93. The molecule has 0 saturated carbocycles. The predicted octanol–water partition coefficient (Wildman–Crippen LogP) is 2.93. The molecule has 32 heavy (non-hydrogen) atoms. The summed E-state index contributed by atoms with van der Waals surface area (Å²) in [5.74, 6) is -2.24. The molecule has 0 aliphatic rings. The van der Waals surface area contributed by atoms with Gasteiger partial charge in [0, 0.05) is 5.56 Å². The summed E-state index contributed by atoms with van der Waals surface area (Å²) in [6.07, 6.45) is 0. The van der Waals surface area contributed by atoms with Gasteiger partial charge in [-0.15, -0.1) is 0 Å². The maximum atomic E-state index is 13.3. The fourth-order valence-corrected chi connectivity index (χ4v) is 3.45. The number of hydrogen-bond acceptors (Lipinski definition) is 6. The summed E-state index contributed by atoms with van der Waals surface area (Å²) in [6, 6.07) is 20.8. The van der Waals surface area contributed by atoms with E-state index in [2.05, 4.69) is 20.0 Å². The van der Waals surface area contributed by atoms with E-state index in [9.17, 15) is 19.5 Å². The van der Waals surface area contributed by atoms with Gasteiger partial charge in [-0.1, -0.05) is 66.7 Å². The van der Waals surface area contributed by atoms with E-state index in [1.807, 2.05) is 30.3 Å². The molecule has 3 aromatic carbocycles. The summed E-state index contributed by atoms with van der Waals surface area (Å²) in [7, 11) is 1.11. The molecule has 1 amide bonds. The van der Waals surface area contributed by atoms with Gasteiger partial charge in [0.25, 0.3) is 11.5 Å². The van der Waals surface area contributed by atoms with Crippen LogP contribution in [-0.4, -0.2) is 34.1 Å². The van der Waals surface area contributed by atoms with E-state index < -0.39 is 34.9 Å². The maximum absolute atomic E-state index is 13.3. The molecule has 1 atom stereocenters. The molecule has 8 heteroatoms. The fourth-order valence-electron chi connectivity index (χ4n) is 3.45. The fraction of sp³-hybridized carbons (Fsp3) is 0.0833. The number of ether oxygens (including phenoxy) is 1. The molecule has 160 valence electrons. The minimum Gasteiger partial charge on any atom is -0.501 e. The summed E-state index contributed by atoms with van der Waals surface area (Å²) in [6.45, 7) is 0. The Morgan fingerprint density at radius 3 is 2.44 bits per heavy atom. The van der Waals surface area contributed by atoms with Gasteiger partial charge in [-0.3, -0.25) is 9.59 Å². The normalized spacial score (nSPS) is 11.7. The number of nitrogens with one attached hydrogen (secondary N) is 2. The lowest BCUT2D eigenvalue weighted by molar-refractivity contribution is 0.0589. The molecule has 0 saturated heterocycles. The molecule has 0 aliphatic heterocycles. The summed E-state index contributed by atoms with van der Waals surface area (Å²) in [4.78, 5) is 44.1. The number of aromatic hydroxyl groups is 1. The van der Waals surface area contributed by atoms with Crippen LogP contribution in [0, 0.1) is 0 Å². The monoisotopic (exact) mass is 429 g/mol. The maximum Gasteiger partial charge on any atom is 0.360 e. The van der Waals surface area contributed by atoms with Crippen molar-refractivity contribution in [2.75, 3.05) is 7.11 Å². The van der Waals surface area contributed by atoms with Crippen LogP contribution in [0.1, 0.15) is 38.3 Å². The van der Waals surface area contributed by atoms with Crippen molar-refractivity contribution in [1.29, 1.82) is 0 Å². The lowest BCUT2D eigenvalue weighted by Gasteiger charge is -2.20. The molecule has 1 aromatic heterocycles. The number of aromatic nitrogens is 2. The Kier molecular flexibility index (Phi) is 5.67. The number of fused-ring (bicyclic) bond motifs is 1. The minimum absolute atomic E-state index is 0.0204. The first-order valence-corrected chi connectivity index (χ1v) is 9.74. The van der Waals surface area contributed by atoms with Crippen LogP contribution < -0.4 is 10.9 Å². The van der Waals surface area contributed by atoms with Crippen molar-refractivity contribution >= 4 is 22.6 Å². The molecule has 4 aromatic rings. The average Bonchev–Trinajstić information content (AvgIpc) is 2.83. The highest BCUT2D eigenvalue weighted by Gasteiger charge is 2.25. The van der Waals surface area contributed by atoms with Gasteiger partial charge in [0.15, 0.2) is 5.69 Å². The summed E-state index contributed by atoms with van der Waals surface area (Å²) in [5.41, 5.74) is -0.397. The van der Waals surface area contributed by atoms with E-state index >= 15 is 0 Å². The van der Waals surface area contributed by atoms with Crippen molar-refractivity contribution in [2.45, 2.75) is 6.04 Å². The van der Waals surface area contributed by atoms with E-state index in [-0.39, 0.29) is 5.82 Å². The zero-order chi connectivity index (χ0) is 22.7. The van der Waals surface area contributed by atoms with Crippen LogP contribution in [0.3, 0.4) is 0 Å². The van der Waals surface area contributed by atoms with Crippen LogP contribution in [0.2, 0.25) is 0 Å². The molecule has 0 aliphatic carbocycles. The van der Waals surface area contributed by atoms with Crippen LogP contribution in [0.15, 0.2) is 77.6 Å². The number of H-pyrrole nitrogens is 1. The van der Waals surface area contributed by atoms with Crippen LogP contribution in [-0.2, 0) is 4.74 Å². The van der Waals surface area contributed by atoms with E-state index in [1.54, 1.807) is 42.5 Å². The van der Waals surface area contributed by atoms with Gasteiger partial charge in [0.2, 0.25) is 5.75 Å². The zero-order valence-electron chi connectivity index (χ0n) is 17.0. The van der Waals surface area contributed by atoms with Gasteiger partial charge in [0.1, 0.15) is 11.9 Å². The van der Waals surface area contributed by atoms with Crippen LogP contribution in [0.25, 0.3) is 10.8 Å². The van der Waals surface area contributed by atoms with E-state index in [0.717, 1.165) is 17.9 Å². The smallest absolute Gasteiger partial charge is 0.360 e. The van der Waals surface area contributed by atoms with Gasteiger partial charge in [-0.2, -0.15) is 0 Å². The summed E-state index contributed by atoms with van der Waals surface area (Å²) in [5, 5.41) is 14.5. The molecule has 3 N–H and O–H groups in total. The van der Waals surface area contributed by atoms with Gasteiger partial charge in [0.05, 0.1) is 7.11 Å². The third-order valence-corrected chi connectivity index (χ3v) is 5.01. The Hall–Kier alpha value is -4.46. The zero-order valence-corrected chi connectivity index (χ0v) is 17.0. The number of rotatable bonds is 5. The number of aromatic amines is 1. The second kappa shape index (κ2) is 8.73. The molecule has 0 bridgehead atoms. The quantitative estimate of drug-likeness (QED) is 0.420. The number of esters is 1. The van der Waals surface area contributed by atoms with Crippen molar-refractivity contribution in [2.24, 2.45) is 0 Å². The Balaban J connectivity index is 1.81. The summed E-state index contributed by atoms with van der Waals surface area (Å²) < 4.78 is 4.61. The molecule has 8 nitrogen and oxygen atoms in total. The molecule has 0 radical (unpaired) electrons.